The van der Waals surface area contributed by atoms with Crippen LogP contribution in [-0.4, -0.2) is 19.6 Å². The number of aliphatic imine (C=N–C) groups is 1. The molecule has 0 atom stereocenters. The first kappa shape index (κ1) is 10.3. The molecular weight excluding hydrogens is 176 g/mol. The Labute approximate surface area is 83.9 Å². The maximum absolute atomic E-state index is 5.49. The van der Waals surface area contributed by atoms with Crippen LogP contribution in [0, 0.1) is 0 Å². The van der Waals surface area contributed by atoms with Gasteiger partial charge in [0.1, 0.15) is 6.61 Å². The smallest absolute Gasteiger partial charge is 0.169 e. The summed E-state index contributed by atoms with van der Waals surface area (Å²) >= 11 is 0. The van der Waals surface area contributed by atoms with E-state index < -0.39 is 0 Å². The summed E-state index contributed by atoms with van der Waals surface area (Å²) < 4.78 is 4.65. The van der Waals surface area contributed by atoms with Crippen molar-refractivity contribution in [2.24, 2.45) is 4.99 Å². The molecular formula is C11H14N2O. The third-order valence-corrected chi connectivity index (χ3v) is 1.63. The molecule has 0 saturated heterocycles. The van der Waals surface area contributed by atoms with Crippen LogP contribution in [-0.2, 0) is 4.74 Å². The lowest BCUT2D eigenvalue weighted by atomic mass is 10.2. The van der Waals surface area contributed by atoms with E-state index in [0.29, 0.717) is 0 Å². The monoisotopic (exact) mass is 190 g/mol. The first-order valence-electron chi connectivity index (χ1n) is 4.41. The van der Waals surface area contributed by atoms with Gasteiger partial charge in [-0.25, -0.2) is 0 Å². The largest absolute Gasteiger partial charge is 0.482 e. The van der Waals surface area contributed by atoms with Gasteiger partial charge >= 0.3 is 0 Å². The molecule has 0 aromatic heterocycles. The highest BCUT2D eigenvalue weighted by atomic mass is 16.5. The number of nitrogens with zero attached hydrogens (tertiary/aromatic N) is 1. The lowest BCUT2D eigenvalue weighted by Crippen LogP contribution is -1.82. The van der Waals surface area contributed by atoms with Crippen molar-refractivity contribution in [1.82, 2.24) is 0 Å². The zero-order valence-corrected chi connectivity index (χ0v) is 8.02. The highest BCUT2D eigenvalue weighted by molar-refractivity contribution is 5.53. The summed E-state index contributed by atoms with van der Waals surface area (Å²) in [6.45, 7) is 5.24. The Morgan fingerprint density at radius 2 is 2.36 bits per heavy atom. The number of nitrogen functional groups attached to an aromatic ring is 1. The van der Waals surface area contributed by atoms with E-state index in [1.807, 2.05) is 24.3 Å². The number of anilines is 1. The fourth-order valence-corrected chi connectivity index (χ4v) is 0.949. The van der Waals surface area contributed by atoms with Crippen LogP contribution < -0.4 is 5.73 Å². The Morgan fingerprint density at radius 3 is 2.71 bits per heavy atom. The van der Waals surface area contributed by atoms with E-state index in [0.717, 1.165) is 24.4 Å². The van der Waals surface area contributed by atoms with Gasteiger partial charge < -0.3 is 10.5 Å². The lowest BCUT2D eigenvalue weighted by molar-refractivity contribution is 0.361. The average molecular weight is 190 g/mol. The van der Waals surface area contributed by atoms with Crippen LogP contribution in [0.4, 0.5) is 5.69 Å². The van der Waals surface area contributed by atoms with Crippen LogP contribution >= 0.6 is 0 Å². The molecule has 3 heteroatoms. The van der Waals surface area contributed by atoms with E-state index in [1.165, 1.54) is 6.40 Å². The van der Waals surface area contributed by atoms with Crippen LogP contribution in [0.1, 0.15) is 5.56 Å². The molecule has 1 aromatic carbocycles. The quantitative estimate of drug-likeness (QED) is 0.688. The summed E-state index contributed by atoms with van der Waals surface area (Å²) in [7, 11) is 0. The Kier molecular flexibility index (Phi) is 4.27. The van der Waals surface area contributed by atoms with Crippen LogP contribution in [0.3, 0.4) is 0 Å². The van der Waals surface area contributed by atoms with Gasteiger partial charge in [0.25, 0.3) is 0 Å². The molecule has 0 amide bonds. The molecule has 0 saturated carbocycles. The Hall–Kier alpha value is -1.77. The average Bonchev–Trinajstić information content (AvgIpc) is 2.75. The van der Waals surface area contributed by atoms with Gasteiger partial charge in [0.2, 0.25) is 0 Å². The predicted octanol–water partition coefficient (Wildman–Crippen LogP) is 1.96. The number of ether oxygens (including phenoxy) is 1. The second-order valence-corrected chi connectivity index (χ2v) is 2.76. The van der Waals surface area contributed by atoms with Crippen molar-refractivity contribution in [2.75, 3.05) is 18.9 Å². The van der Waals surface area contributed by atoms with Gasteiger partial charge in [-0.3, -0.25) is 4.99 Å². The molecule has 0 aliphatic carbocycles. The molecule has 2 N–H and O–H groups in total. The van der Waals surface area contributed by atoms with Crippen molar-refractivity contribution in [1.29, 1.82) is 0 Å². The fraction of sp³-hybridized carbons (Fsp3) is 0.182. The lowest BCUT2D eigenvalue weighted by Gasteiger charge is -1.92. The first-order valence-corrected chi connectivity index (χ1v) is 4.41. The molecule has 0 radical (unpaired) electrons. The molecule has 14 heavy (non-hydrogen) atoms. The zero-order valence-electron chi connectivity index (χ0n) is 8.02. The molecule has 1 aliphatic heterocycles. The Morgan fingerprint density at radius 1 is 1.50 bits per heavy atom. The van der Waals surface area contributed by atoms with Gasteiger partial charge in [0, 0.05) is 5.69 Å². The van der Waals surface area contributed by atoms with Crippen LogP contribution in [0.5, 0.6) is 0 Å². The summed E-state index contributed by atoms with van der Waals surface area (Å²) in [6.07, 6.45) is 3.26. The van der Waals surface area contributed by atoms with Crippen molar-refractivity contribution in [3.63, 3.8) is 0 Å². The van der Waals surface area contributed by atoms with Gasteiger partial charge in [-0.05, 0) is 17.7 Å². The zero-order chi connectivity index (χ0) is 10.2. The van der Waals surface area contributed by atoms with Crippen LogP contribution in [0.25, 0.3) is 6.08 Å². The normalized spacial score (nSPS) is 12.6. The van der Waals surface area contributed by atoms with Crippen LogP contribution in [0.15, 0.2) is 35.8 Å². The minimum Gasteiger partial charge on any atom is -0.482 e. The SMILES string of the molecule is C1=NCCO1.C=Cc1cccc(N)c1. The summed E-state index contributed by atoms with van der Waals surface area (Å²) in [4.78, 5) is 3.74. The minimum atomic E-state index is 0.778. The van der Waals surface area contributed by atoms with E-state index in [1.54, 1.807) is 6.08 Å². The summed E-state index contributed by atoms with van der Waals surface area (Å²) in [5.41, 5.74) is 7.34. The molecule has 1 aromatic rings. The van der Waals surface area contributed by atoms with Gasteiger partial charge in [0.05, 0.1) is 6.54 Å². The molecule has 0 unspecified atom stereocenters. The highest BCUT2D eigenvalue weighted by Crippen LogP contribution is 2.06. The highest BCUT2D eigenvalue weighted by Gasteiger charge is 1.85. The number of hydrogen-bond acceptors (Lipinski definition) is 3. The topological polar surface area (TPSA) is 47.6 Å². The van der Waals surface area contributed by atoms with Crippen LogP contribution in [0.2, 0.25) is 0 Å². The van der Waals surface area contributed by atoms with Gasteiger partial charge in [-0.2, -0.15) is 0 Å². The van der Waals surface area contributed by atoms with Crippen molar-refractivity contribution < 1.29 is 4.74 Å². The molecule has 2 rings (SSSR count). The second-order valence-electron chi connectivity index (χ2n) is 2.76. The molecule has 1 heterocycles. The van der Waals surface area contributed by atoms with Crippen molar-refractivity contribution >= 4 is 18.2 Å². The number of rotatable bonds is 1. The summed E-state index contributed by atoms with van der Waals surface area (Å²) in [5.74, 6) is 0. The number of hydrogen-bond donors (Lipinski definition) is 1. The van der Waals surface area contributed by atoms with E-state index >= 15 is 0 Å². The molecule has 0 bridgehead atoms. The third kappa shape index (κ3) is 3.76. The predicted molar refractivity (Wildman–Crippen MR) is 60.3 cm³/mol. The Balaban J connectivity index is 0.000000165. The van der Waals surface area contributed by atoms with Crippen molar-refractivity contribution in [2.45, 2.75) is 0 Å². The number of nitrogens with two attached hydrogens (primary N) is 1. The standard InChI is InChI=1S/C8H9N.C3H5NO/c1-2-7-4-3-5-8(9)6-7;1-2-5-3-4-1/h2-6H,1,9H2;3H,1-2H2. The van der Waals surface area contributed by atoms with E-state index in [4.69, 9.17) is 5.73 Å². The minimum absolute atomic E-state index is 0.778. The van der Waals surface area contributed by atoms with Gasteiger partial charge in [-0.15, -0.1) is 0 Å². The molecule has 3 nitrogen and oxygen atoms in total. The van der Waals surface area contributed by atoms with E-state index in [2.05, 4.69) is 16.3 Å². The van der Waals surface area contributed by atoms with Crippen molar-refractivity contribution in [3.05, 3.63) is 36.4 Å². The Bertz CT molecular complexity index is 315. The molecule has 0 fully saturated rings. The summed E-state index contributed by atoms with van der Waals surface area (Å²) in [6, 6.07) is 7.61. The van der Waals surface area contributed by atoms with Crippen molar-refractivity contribution in [3.8, 4) is 0 Å². The summed E-state index contributed by atoms with van der Waals surface area (Å²) in [5, 5.41) is 0. The number of benzene rings is 1. The maximum atomic E-state index is 5.49. The van der Waals surface area contributed by atoms with E-state index in [-0.39, 0.29) is 0 Å². The molecule has 1 aliphatic rings. The first-order chi connectivity index (χ1) is 6.83. The van der Waals surface area contributed by atoms with E-state index in [9.17, 15) is 0 Å². The second kappa shape index (κ2) is 5.80. The fourth-order valence-electron chi connectivity index (χ4n) is 0.949. The van der Waals surface area contributed by atoms with Gasteiger partial charge in [0.15, 0.2) is 6.40 Å². The maximum Gasteiger partial charge on any atom is 0.169 e. The van der Waals surface area contributed by atoms with Gasteiger partial charge in [-0.1, -0.05) is 24.8 Å². The third-order valence-electron chi connectivity index (χ3n) is 1.63. The molecule has 0 spiro atoms. The molecule has 74 valence electrons.